The molecule has 0 spiro atoms. The van der Waals surface area contributed by atoms with Gasteiger partial charge < -0.3 is 20.9 Å². The van der Waals surface area contributed by atoms with Crippen LogP contribution in [0.5, 0.6) is 0 Å². The van der Waals surface area contributed by atoms with Gasteiger partial charge >= 0.3 is 0 Å². The highest BCUT2D eigenvalue weighted by molar-refractivity contribution is 5.80. The second kappa shape index (κ2) is 10.5. The van der Waals surface area contributed by atoms with E-state index in [0.717, 1.165) is 57.2 Å². The first kappa shape index (κ1) is 19.0. The van der Waals surface area contributed by atoms with Gasteiger partial charge in [0, 0.05) is 51.9 Å². The maximum absolute atomic E-state index is 11.7. The number of hydrogen-bond donors (Lipinski definition) is 3. The number of aliphatic imine (C=N–C) groups is 1. The van der Waals surface area contributed by atoms with Crippen molar-refractivity contribution in [2.45, 2.75) is 38.6 Å². The first-order chi connectivity index (χ1) is 12.2. The van der Waals surface area contributed by atoms with E-state index in [1.54, 1.807) is 13.2 Å². The lowest BCUT2D eigenvalue weighted by molar-refractivity contribution is -0.129. The van der Waals surface area contributed by atoms with Gasteiger partial charge in [-0.15, -0.1) is 0 Å². The number of nitrogens with zero attached hydrogens (tertiary/aromatic N) is 3. The lowest BCUT2D eigenvalue weighted by Crippen LogP contribution is -2.45. The molecule has 2 heterocycles. The van der Waals surface area contributed by atoms with Crippen molar-refractivity contribution in [3.8, 4) is 0 Å². The quantitative estimate of drug-likeness (QED) is 0.377. The van der Waals surface area contributed by atoms with Crippen LogP contribution in [0, 0.1) is 0 Å². The van der Waals surface area contributed by atoms with Crippen molar-refractivity contribution in [3.05, 3.63) is 24.4 Å². The zero-order chi connectivity index (χ0) is 17.9. The summed E-state index contributed by atoms with van der Waals surface area (Å²) in [7, 11) is 1.78. The number of rotatable bonds is 8. The molecule has 0 radical (unpaired) electrons. The van der Waals surface area contributed by atoms with E-state index in [2.05, 4.69) is 25.9 Å². The predicted octanol–water partition coefficient (Wildman–Crippen LogP) is 1.45. The Balaban J connectivity index is 1.57. The Hall–Kier alpha value is -2.31. The van der Waals surface area contributed by atoms with Gasteiger partial charge in [0.05, 0.1) is 0 Å². The molecule has 0 aromatic carbocycles. The minimum Gasteiger partial charge on any atom is -0.370 e. The molecule has 2 rings (SSSR count). The van der Waals surface area contributed by atoms with E-state index >= 15 is 0 Å². The van der Waals surface area contributed by atoms with Crippen LogP contribution < -0.4 is 16.0 Å². The number of guanidine groups is 1. The summed E-state index contributed by atoms with van der Waals surface area (Å²) < 4.78 is 0. The average Bonchev–Trinajstić information content (AvgIpc) is 3.12. The highest BCUT2D eigenvalue weighted by Gasteiger charge is 2.25. The van der Waals surface area contributed by atoms with Gasteiger partial charge in [-0.05, 0) is 31.4 Å². The fourth-order valence-electron chi connectivity index (χ4n) is 2.86. The van der Waals surface area contributed by atoms with E-state index in [-0.39, 0.29) is 11.9 Å². The lowest BCUT2D eigenvalue weighted by Gasteiger charge is -2.18. The van der Waals surface area contributed by atoms with Crippen LogP contribution >= 0.6 is 0 Å². The van der Waals surface area contributed by atoms with Crippen molar-refractivity contribution in [2.24, 2.45) is 4.99 Å². The van der Waals surface area contributed by atoms with Crippen molar-refractivity contribution in [2.75, 3.05) is 38.5 Å². The van der Waals surface area contributed by atoms with Crippen LogP contribution in [0.4, 0.5) is 5.82 Å². The summed E-state index contributed by atoms with van der Waals surface area (Å²) in [6.45, 7) is 5.28. The third-order valence-corrected chi connectivity index (χ3v) is 4.27. The van der Waals surface area contributed by atoms with Crippen molar-refractivity contribution in [3.63, 3.8) is 0 Å². The number of amides is 1. The monoisotopic (exact) mass is 346 g/mol. The summed E-state index contributed by atoms with van der Waals surface area (Å²) in [5.41, 5.74) is 0. The lowest BCUT2D eigenvalue weighted by atomic mass is 10.2. The molecule has 0 aliphatic carbocycles. The van der Waals surface area contributed by atoms with Gasteiger partial charge in [0.25, 0.3) is 0 Å². The molecule has 7 heteroatoms. The summed E-state index contributed by atoms with van der Waals surface area (Å²) in [6.07, 6.45) is 5.44. The molecule has 3 N–H and O–H groups in total. The maximum Gasteiger partial charge on any atom is 0.222 e. The molecule has 1 aliphatic rings. The molecule has 1 aromatic rings. The van der Waals surface area contributed by atoms with Crippen LogP contribution in [0.25, 0.3) is 0 Å². The number of nitrogens with one attached hydrogen (secondary N) is 3. The number of hydrogen-bond acceptors (Lipinski definition) is 4. The zero-order valence-electron chi connectivity index (χ0n) is 15.3. The third kappa shape index (κ3) is 6.60. The smallest absolute Gasteiger partial charge is 0.222 e. The Morgan fingerprint density at radius 3 is 2.92 bits per heavy atom. The number of aromatic nitrogens is 1. The molecule has 1 aromatic heterocycles. The molecule has 25 heavy (non-hydrogen) atoms. The predicted molar refractivity (Wildman–Crippen MR) is 102 cm³/mol. The molecule has 7 nitrogen and oxygen atoms in total. The van der Waals surface area contributed by atoms with Crippen LogP contribution in [0.15, 0.2) is 29.4 Å². The highest BCUT2D eigenvalue weighted by Crippen LogP contribution is 2.10. The Morgan fingerprint density at radius 1 is 1.36 bits per heavy atom. The molecule has 1 saturated heterocycles. The molecule has 138 valence electrons. The van der Waals surface area contributed by atoms with E-state index in [1.165, 1.54) is 0 Å². The largest absolute Gasteiger partial charge is 0.370 e. The standard InChI is InChI=1S/C18H30N6O/c1-3-17(25)24-13-9-15(14-24)23-18(19-2)22-12-7-6-11-21-16-8-4-5-10-20-16/h4-5,8,10,15H,3,6-7,9,11-14H2,1-2H3,(H,20,21)(H2,19,22,23). The highest BCUT2D eigenvalue weighted by atomic mass is 16.2. The first-order valence-electron chi connectivity index (χ1n) is 9.12. The van der Waals surface area contributed by atoms with Crippen molar-refractivity contribution in [1.82, 2.24) is 20.5 Å². The fraction of sp³-hybridized carbons (Fsp3) is 0.611. The van der Waals surface area contributed by atoms with Gasteiger partial charge in [0.15, 0.2) is 5.96 Å². The molecule has 1 amide bonds. The second-order valence-corrected chi connectivity index (χ2v) is 6.17. The van der Waals surface area contributed by atoms with Crippen molar-refractivity contribution >= 4 is 17.7 Å². The third-order valence-electron chi connectivity index (χ3n) is 4.27. The number of likely N-dealkylation sites (tertiary alicyclic amines) is 1. The number of unbranched alkanes of at least 4 members (excludes halogenated alkanes) is 1. The van der Waals surface area contributed by atoms with E-state index in [0.29, 0.717) is 6.42 Å². The van der Waals surface area contributed by atoms with Gasteiger partial charge in [0.2, 0.25) is 5.91 Å². The summed E-state index contributed by atoms with van der Waals surface area (Å²) in [5.74, 6) is 1.96. The summed E-state index contributed by atoms with van der Waals surface area (Å²) in [5, 5.41) is 10.1. The van der Waals surface area contributed by atoms with Crippen LogP contribution in [0.2, 0.25) is 0 Å². The Labute approximate surface area is 150 Å². The molecular formula is C18H30N6O. The minimum absolute atomic E-state index is 0.229. The summed E-state index contributed by atoms with van der Waals surface area (Å²) in [6, 6.07) is 6.14. The molecular weight excluding hydrogens is 316 g/mol. The SMILES string of the molecule is CCC(=O)N1CCC(NC(=NC)NCCCCNc2ccccn2)C1. The molecule has 1 fully saturated rings. The van der Waals surface area contributed by atoms with Gasteiger partial charge in [-0.1, -0.05) is 13.0 Å². The Kier molecular flexibility index (Phi) is 8.01. The van der Waals surface area contributed by atoms with Crippen LogP contribution in [0.3, 0.4) is 0 Å². The van der Waals surface area contributed by atoms with Crippen LogP contribution in [0.1, 0.15) is 32.6 Å². The minimum atomic E-state index is 0.229. The van der Waals surface area contributed by atoms with Crippen LogP contribution in [-0.4, -0.2) is 61.0 Å². The zero-order valence-corrected chi connectivity index (χ0v) is 15.3. The van der Waals surface area contributed by atoms with Gasteiger partial charge in [-0.3, -0.25) is 9.79 Å². The topological polar surface area (TPSA) is 81.7 Å². The van der Waals surface area contributed by atoms with Crippen molar-refractivity contribution < 1.29 is 4.79 Å². The van der Waals surface area contributed by atoms with Crippen molar-refractivity contribution in [1.29, 1.82) is 0 Å². The molecule has 1 atom stereocenters. The summed E-state index contributed by atoms with van der Waals surface area (Å²) in [4.78, 5) is 22.2. The molecule has 0 saturated carbocycles. The summed E-state index contributed by atoms with van der Waals surface area (Å²) >= 11 is 0. The van der Waals surface area contributed by atoms with Gasteiger partial charge in [-0.25, -0.2) is 4.98 Å². The fourth-order valence-corrected chi connectivity index (χ4v) is 2.86. The first-order valence-corrected chi connectivity index (χ1v) is 9.12. The maximum atomic E-state index is 11.7. The van der Waals surface area contributed by atoms with Gasteiger partial charge in [-0.2, -0.15) is 0 Å². The average molecular weight is 346 g/mol. The van der Waals surface area contributed by atoms with Gasteiger partial charge in [0.1, 0.15) is 5.82 Å². The normalized spacial score (nSPS) is 17.4. The van der Waals surface area contributed by atoms with E-state index < -0.39 is 0 Å². The molecule has 1 unspecified atom stereocenters. The second-order valence-electron chi connectivity index (χ2n) is 6.17. The van der Waals surface area contributed by atoms with E-state index in [9.17, 15) is 4.79 Å². The Morgan fingerprint density at radius 2 is 2.20 bits per heavy atom. The number of pyridine rings is 1. The molecule has 0 bridgehead atoms. The molecule has 1 aliphatic heterocycles. The van der Waals surface area contributed by atoms with E-state index in [4.69, 9.17) is 0 Å². The Bertz CT molecular complexity index is 548. The number of carbonyl (C=O) groups excluding carboxylic acids is 1. The number of anilines is 1. The van der Waals surface area contributed by atoms with E-state index in [1.807, 2.05) is 30.0 Å². The number of carbonyl (C=O) groups is 1. The van der Waals surface area contributed by atoms with Crippen LogP contribution in [-0.2, 0) is 4.79 Å².